The Morgan fingerprint density at radius 3 is 2.00 bits per heavy atom. The summed E-state index contributed by atoms with van der Waals surface area (Å²) in [6.07, 6.45) is 2.03. The molecule has 2 atom stereocenters. The first-order valence-corrected chi connectivity index (χ1v) is 7.77. The molecule has 0 bridgehead atoms. The first-order valence-electron chi connectivity index (χ1n) is 7.77. The smallest absolute Gasteiger partial charge is 0.269 e. The number of nitrogens with zero attached hydrogens (tertiary/aromatic N) is 2. The molecule has 0 aromatic heterocycles. The highest BCUT2D eigenvalue weighted by molar-refractivity contribution is 14.0. The van der Waals surface area contributed by atoms with Crippen LogP contribution in [0.5, 0.6) is 0 Å². The number of aliphatic imine (C=N–C) groups is 1. The van der Waals surface area contributed by atoms with E-state index in [1.54, 1.807) is 12.1 Å². The fourth-order valence-electron chi connectivity index (χ4n) is 1.70. The number of guanidine groups is 1. The van der Waals surface area contributed by atoms with Crippen LogP contribution in [0.1, 0.15) is 46.1 Å². The molecule has 23 heavy (non-hydrogen) atoms. The van der Waals surface area contributed by atoms with Crippen molar-refractivity contribution in [3.63, 3.8) is 0 Å². The molecule has 0 saturated heterocycles. The van der Waals surface area contributed by atoms with Crippen LogP contribution >= 0.6 is 24.0 Å². The van der Waals surface area contributed by atoms with E-state index < -0.39 is 4.92 Å². The Bertz CT molecular complexity index is 491. The van der Waals surface area contributed by atoms with E-state index in [0.717, 1.165) is 24.4 Å². The van der Waals surface area contributed by atoms with E-state index in [1.807, 2.05) is 0 Å². The van der Waals surface area contributed by atoms with Crippen LogP contribution in [0.25, 0.3) is 0 Å². The van der Waals surface area contributed by atoms with Gasteiger partial charge in [-0.1, -0.05) is 26.0 Å². The summed E-state index contributed by atoms with van der Waals surface area (Å²) in [5.41, 5.74) is 1.04. The van der Waals surface area contributed by atoms with Crippen LogP contribution in [-0.2, 0) is 6.54 Å². The zero-order valence-corrected chi connectivity index (χ0v) is 16.5. The fourth-order valence-corrected chi connectivity index (χ4v) is 1.70. The highest BCUT2D eigenvalue weighted by atomic mass is 127. The summed E-state index contributed by atoms with van der Waals surface area (Å²) in [6, 6.07) is 7.18. The fraction of sp³-hybridized carbons (Fsp3) is 0.562. The number of nitro groups is 1. The van der Waals surface area contributed by atoms with Crippen LogP contribution in [0.2, 0.25) is 0 Å². The summed E-state index contributed by atoms with van der Waals surface area (Å²) in [7, 11) is 0. The molecule has 1 aromatic carbocycles. The predicted octanol–water partition coefficient (Wildman–Crippen LogP) is 3.85. The van der Waals surface area contributed by atoms with E-state index in [-0.39, 0.29) is 29.7 Å². The van der Waals surface area contributed by atoms with Crippen molar-refractivity contribution in [1.82, 2.24) is 10.6 Å². The maximum Gasteiger partial charge on any atom is 0.269 e. The van der Waals surface area contributed by atoms with Crippen molar-refractivity contribution < 1.29 is 4.92 Å². The number of hydrogen-bond donors (Lipinski definition) is 2. The molecule has 2 N–H and O–H groups in total. The molecule has 0 aliphatic rings. The third kappa shape index (κ3) is 8.15. The lowest BCUT2D eigenvalue weighted by Crippen LogP contribution is -2.45. The summed E-state index contributed by atoms with van der Waals surface area (Å²) in [4.78, 5) is 14.8. The first kappa shape index (κ1) is 21.6. The van der Waals surface area contributed by atoms with Crippen LogP contribution in [0.4, 0.5) is 5.69 Å². The van der Waals surface area contributed by atoms with Gasteiger partial charge in [0.05, 0.1) is 11.5 Å². The second-order valence-corrected chi connectivity index (χ2v) is 5.50. The Morgan fingerprint density at radius 1 is 1.13 bits per heavy atom. The van der Waals surface area contributed by atoms with Crippen LogP contribution in [0.15, 0.2) is 29.3 Å². The monoisotopic (exact) mass is 434 g/mol. The molecule has 0 amide bonds. The van der Waals surface area contributed by atoms with Gasteiger partial charge in [-0.15, -0.1) is 24.0 Å². The predicted molar refractivity (Wildman–Crippen MR) is 105 cm³/mol. The largest absolute Gasteiger partial charge is 0.354 e. The minimum atomic E-state index is -0.395. The Morgan fingerprint density at radius 2 is 1.61 bits per heavy atom. The van der Waals surface area contributed by atoms with E-state index >= 15 is 0 Å². The first-order chi connectivity index (χ1) is 10.5. The Hall–Kier alpha value is -1.38. The van der Waals surface area contributed by atoms with Gasteiger partial charge in [-0.3, -0.25) is 10.1 Å². The normalized spacial score (nSPS) is 12.5. The van der Waals surface area contributed by atoms with Crippen LogP contribution in [0.3, 0.4) is 0 Å². The van der Waals surface area contributed by atoms with Gasteiger partial charge in [0.1, 0.15) is 0 Å². The molecule has 2 unspecified atom stereocenters. The highest BCUT2D eigenvalue weighted by Crippen LogP contribution is 2.12. The molecule has 0 aliphatic carbocycles. The van der Waals surface area contributed by atoms with E-state index in [4.69, 9.17) is 0 Å². The van der Waals surface area contributed by atoms with Crippen molar-refractivity contribution in [2.45, 2.75) is 59.2 Å². The standard InChI is InChI=1S/C16H26N4O2.HI/c1-5-12(3)18-16(19-13(4)6-2)17-11-14-7-9-15(10-8-14)20(21)22;/h7-10,12-13H,5-6,11H2,1-4H3,(H2,17,18,19);1H. The van der Waals surface area contributed by atoms with Crippen LogP contribution < -0.4 is 10.6 Å². The van der Waals surface area contributed by atoms with E-state index in [2.05, 4.69) is 43.3 Å². The molecule has 7 heteroatoms. The number of non-ortho nitro benzene ring substituents is 1. The number of halogens is 1. The summed E-state index contributed by atoms with van der Waals surface area (Å²) in [6.45, 7) is 8.95. The minimum Gasteiger partial charge on any atom is -0.354 e. The van der Waals surface area contributed by atoms with Crippen molar-refractivity contribution in [2.75, 3.05) is 0 Å². The van der Waals surface area contributed by atoms with Crippen LogP contribution in [-0.4, -0.2) is 23.0 Å². The quantitative estimate of drug-likeness (QED) is 0.225. The SMILES string of the molecule is CCC(C)NC(=NCc1ccc([N+](=O)[O-])cc1)NC(C)CC.I. The van der Waals surface area contributed by atoms with Gasteiger partial charge >= 0.3 is 0 Å². The molecule has 0 saturated carbocycles. The number of benzene rings is 1. The van der Waals surface area contributed by atoms with Gasteiger partial charge in [-0.05, 0) is 32.3 Å². The Labute approximate surface area is 155 Å². The molecule has 1 aromatic rings. The van der Waals surface area contributed by atoms with Gasteiger partial charge in [0.25, 0.3) is 5.69 Å². The topological polar surface area (TPSA) is 79.6 Å². The molecule has 1 rings (SSSR count). The lowest BCUT2D eigenvalue weighted by Gasteiger charge is -2.20. The van der Waals surface area contributed by atoms with Gasteiger partial charge < -0.3 is 10.6 Å². The second-order valence-electron chi connectivity index (χ2n) is 5.50. The summed E-state index contributed by atoms with van der Waals surface area (Å²) >= 11 is 0. The minimum absolute atomic E-state index is 0. The lowest BCUT2D eigenvalue weighted by molar-refractivity contribution is -0.384. The molecule has 6 nitrogen and oxygen atoms in total. The van der Waals surface area contributed by atoms with Gasteiger partial charge in [0.15, 0.2) is 5.96 Å². The van der Waals surface area contributed by atoms with E-state index in [1.165, 1.54) is 12.1 Å². The van der Waals surface area contributed by atoms with Crippen molar-refractivity contribution >= 4 is 35.6 Å². The molecular formula is C16H27IN4O2. The molecule has 0 spiro atoms. The Kier molecular flexibility index (Phi) is 10.5. The van der Waals surface area contributed by atoms with Crippen molar-refractivity contribution in [2.24, 2.45) is 4.99 Å². The molecule has 0 radical (unpaired) electrons. The summed E-state index contributed by atoms with van der Waals surface area (Å²) < 4.78 is 0. The van der Waals surface area contributed by atoms with Gasteiger partial charge in [-0.2, -0.15) is 0 Å². The number of nitro benzene ring substituents is 1. The summed E-state index contributed by atoms with van der Waals surface area (Å²) in [5.74, 6) is 0.780. The van der Waals surface area contributed by atoms with Crippen LogP contribution in [0, 0.1) is 10.1 Å². The third-order valence-electron chi connectivity index (χ3n) is 3.56. The molecule has 0 aliphatic heterocycles. The molecule has 0 fully saturated rings. The molecule has 130 valence electrons. The maximum absolute atomic E-state index is 10.6. The Balaban J connectivity index is 0.00000484. The van der Waals surface area contributed by atoms with Gasteiger partial charge in [0, 0.05) is 24.2 Å². The zero-order valence-electron chi connectivity index (χ0n) is 14.2. The van der Waals surface area contributed by atoms with E-state index in [9.17, 15) is 10.1 Å². The number of hydrogen-bond acceptors (Lipinski definition) is 3. The maximum atomic E-state index is 10.6. The van der Waals surface area contributed by atoms with Crippen molar-refractivity contribution in [1.29, 1.82) is 0 Å². The number of nitrogens with one attached hydrogen (secondary N) is 2. The van der Waals surface area contributed by atoms with Crippen molar-refractivity contribution in [3.05, 3.63) is 39.9 Å². The van der Waals surface area contributed by atoms with Gasteiger partial charge in [0.2, 0.25) is 0 Å². The second kappa shape index (κ2) is 11.2. The molecule has 0 heterocycles. The average molecular weight is 434 g/mol. The third-order valence-corrected chi connectivity index (χ3v) is 3.56. The average Bonchev–Trinajstić information content (AvgIpc) is 2.52. The molecular weight excluding hydrogens is 407 g/mol. The van der Waals surface area contributed by atoms with Crippen molar-refractivity contribution in [3.8, 4) is 0 Å². The zero-order chi connectivity index (χ0) is 16.5. The van der Waals surface area contributed by atoms with E-state index in [0.29, 0.717) is 18.6 Å². The number of rotatable bonds is 7. The summed E-state index contributed by atoms with van der Waals surface area (Å²) in [5, 5.41) is 17.4. The lowest BCUT2D eigenvalue weighted by atomic mass is 10.2. The van der Waals surface area contributed by atoms with Gasteiger partial charge in [-0.25, -0.2) is 4.99 Å². The highest BCUT2D eigenvalue weighted by Gasteiger charge is 2.07.